The van der Waals surface area contributed by atoms with Crippen LogP contribution >= 0.6 is 0 Å². The number of nitrogens with one attached hydrogen (secondary N) is 3. The van der Waals surface area contributed by atoms with Crippen molar-refractivity contribution in [3.63, 3.8) is 0 Å². The van der Waals surface area contributed by atoms with Crippen LogP contribution in [0, 0.1) is 19.8 Å². The number of nitrogens with zero attached hydrogens (tertiary/aromatic N) is 1. The lowest BCUT2D eigenvalue weighted by Crippen LogP contribution is -2.50. The number of piperidine rings is 1. The van der Waals surface area contributed by atoms with Gasteiger partial charge in [-0.2, -0.15) is 0 Å². The Morgan fingerprint density at radius 3 is 2.19 bits per heavy atom. The van der Waals surface area contributed by atoms with Crippen molar-refractivity contribution < 1.29 is 14.4 Å². The molecule has 1 atom stereocenters. The molecular weight excluding hydrogens is 404 g/mol. The standard InChI is InChI=1S/C25H32N4O3/c1-17-8-7-9-18(2)23(17)28-22(30)16-26-24(31)19(3)29-14-12-20(13-15-29)25(32)27-21-10-5-4-6-11-21/h4-11,19-20H,12-16H2,1-3H3,(H,26,31)(H,27,32)(H,28,30). The molecule has 0 aromatic heterocycles. The zero-order valence-electron chi connectivity index (χ0n) is 19.0. The van der Waals surface area contributed by atoms with E-state index in [1.165, 1.54) is 0 Å². The van der Waals surface area contributed by atoms with Crippen LogP contribution in [0.5, 0.6) is 0 Å². The van der Waals surface area contributed by atoms with Gasteiger partial charge in [-0.1, -0.05) is 36.4 Å². The second kappa shape index (κ2) is 10.9. The molecule has 1 unspecified atom stereocenters. The van der Waals surface area contributed by atoms with Gasteiger partial charge in [-0.05, 0) is 70.0 Å². The van der Waals surface area contributed by atoms with Crippen LogP contribution in [0.4, 0.5) is 11.4 Å². The molecule has 2 aromatic carbocycles. The summed E-state index contributed by atoms with van der Waals surface area (Å²) in [6.07, 6.45) is 1.40. The maximum Gasteiger partial charge on any atom is 0.243 e. The number of carbonyl (C=O) groups excluding carboxylic acids is 3. The summed E-state index contributed by atoms with van der Waals surface area (Å²) >= 11 is 0. The number of anilines is 2. The number of aryl methyl sites for hydroxylation is 2. The molecule has 3 rings (SSSR count). The highest BCUT2D eigenvalue weighted by molar-refractivity contribution is 5.96. The molecule has 0 spiro atoms. The van der Waals surface area contributed by atoms with Crippen molar-refractivity contribution in [2.45, 2.75) is 39.7 Å². The Labute approximate surface area is 189 Å². The zero-order chi connectivity index (χ0) is 23.1. The fraction of sp³-hybridized carbons (Fsp3) is 0.400. The van der Waals surface area contributed by atoms with E-state index < -0.39 is 0 Å². The summed E-state index contributed by atoms with van der Waals surface area (Å²) < 4.78 is 0. The van der Waals surface area contributed by atoms with E-state index in [0.29, 0.717) is 25.9 Å². The van der Waals surface area contributed by atoms with Gasteiger partial charge in [-0.15, -0.1) is 0 Å². The number of carbonyl (C=O) groups is 3. The average Bonchev–Trinajstić information content (AvgIpc) is 2.80. The van der Waals surface area contributed by atoms with Crippen molar-refractivity contribution in [1.82, 2.24) is 10.2 Å². The van der Waals surface area contributed by atoms with E-state index in [9.17, 15) is 14.4 Å². The minimum Gasteiger partial charge on any atom is -0.346 e. The van der Waals surface area contributed by atoms with Gasteiger partial charge in [0.25, 0.3) is 0 Å². The van der Waals surface area contributed by atoms with E-state index in [1.54, 1.807) is 0 Å². The summed E-state index contributed by atoms with van der Waals surface area (Å²) in [5, 5.41) is 8.57. The zero-order valence-corrected chi connectivity index (χ0v) is 19.0. The van der Waals surface area contributed by atoms with E-state index in [0.717, 1.165) is 22.5 Å². The molecule has 170 valence electrons. The highest BCUT2D eigenvalue weighted by Gasteiger charge is 2.30. The van der Waals surface area contributed by atoms with Gasteiger partial charge in [0.1, 0.15) is 0 Å². The lowest BCUT2D eigenvalue weighted by molar-refractivity contribution is -0.129. The predicted molar refractivity (Wildman–Crippen MR) is 126 cm³/mol. The third-order valence-electron chi connectivity index (χ3n) is 6.04. The summed E-state index contributed by atoms with van der Waals surface area (Å²) in [6.45, 7) is 6.96. The van der Waals surface area contributed by atoms with E-state index in [-0.39, 0.29) is 36.2 Å². The monoisotopic (exact) mass is 436 g/mol. The maximum atomic E-state index is 12.6. The minimum absolute atomic E-state index is 0.0242. The topological polar surface area (TPSA) is 90.5 Å². The van der Waals surface area contributed by atoms with Gasteiger partial charge < -0.3 is 16.0 Å². The Hall–Kier alpha value is -3.19. The number of amides is 3. The largest absolute Gasteiger partial charge is 0.346 e. The van der Waals surface area contributed by atoms with Gasteiger partial charge in [-0.3, -0.25) is 19.3 Å². The van der Waals surface area contributed by atoms with E-state index in [2.05, 4.69) is 20.9 Å². The molecule has 0 radical (unpaired) electrons. The lowest BCUT2D eigenvalue weighted by atomic mass is 9.94. The Morgan fingerprint density at radius 1 is 0.938 bits per heavy atom. The number of para-hydroxylation sites is 2. The van der Waals surface area contributed by atoms with Gasteiger partial charge in [0.2, 0.25) is 17.7 Å². The van der Waals surface area contributed by atoms with Crippen molar-refractivity contribution in [1.29, 1.82) is 0 Å². The first-order chi connectivity index (χ1) is 15.3. The maximum absolute atomic E-state index is 12.6. The average molecular weight is 437 g/mol. The lowest BCUT2D eigenvalue weighted by Gasteiger charge is -2.34. The number of hydrogen-bond acceptors (Lipinski definition) is 4. The molecule has 1 aliphatic heterocycles. The van der Waals surface area contributed by atoms with Crippen molar-refractivity contribution in [2.75, 3.05) is 30.3 Å². The number of likely N-dealkylation sites (tertiary alicyclic amines) is 1. The third kappa shape index (κ3) is 6.17. The quantitative estimate of drug-likeness (QED) is 0.622. The van der Waals surface area contributed by atoms with E-state index in [1.807, 2.05) is 69.3 Å². The Morgan fingerprint density at radius 2 is 1.56 bits per heavy atom. The Bertz CT molecular complexity index is 933. The normalized spacial score (nSPS) is 15.6. The minimum atomic E-state index is -0.360. The Balaban J connectivity index is 1.42. The van der Waals surface area contributed by atoms with Crippen LogP contribution in [0.25, 0.3) is 0 Å². The molecule has 1 fully saturated rings. The highest BCUT2D eigenvalue weighted by Crippen LogP contribution is 2.21. The van der Waals surface area contributed by atoms with Crippen molar-refractivity contribution in [3.8, 4) is 0 Å². The smallest absolute Gasteiger partial charge is 0.243 e. The van der Waals surface area contributed by atoms with Gasteiger partial charge in [-0.25, -0.2) is 0 Å². The first kappa shape index (κ1) is 23.5. The van der Waals surface area contributed by atoms with Crippen LogP contribution in [-0.2, 0) is 14.4 Å². The molecule has 3 amide bonds. The summed E-state index contributed by atoms with van der Waals surface area (Å²) in [6, 6.07) is 14.9. The molecule has 1 heterocycles. The summed E-state index contributed by atoms with van der Waals surface area (Å²) in [4.78, 5) is 39.4. The number of benzene rings is 2. The molecule has 0 aliphatic carbocycles. The number of hydrogen-bond donors (Lipinski definition) is 3. The first-order valence-electron chi connectivity index (χ1n) is 11.1. The van der Waals surface area contributed by atoms with Gasteiger partial charge in [0.15, 0.2) is 0 Å². The summed E-state index contributed by atoms with van der Waals surface area (Å²) in [5.74, 6) is -0.478. The fourth-order valence-electron chi connectivity index (χ4n) is 3.99. The first-order valence-corrected chi connectivity index (χ1v) is 11.1. The molecular formula is C25H32N4O3. The molecule has 7 heteroatoms. The van der Waals surface area contributed by atoms with Crippen molar-refractivity contribution in [2.24, 2.45) is 5.92 Å². The third-order valence-corrected chi connectivity index (χ3v) is 6.04. The van der Waals surface area contributed by atoms with E-state index in [4.69, 9.17) is 0 Å². The SMILES string of the molecule is Cc1cccc(C)c1NC(=O)CNC(=O)C(C)N1CCC(C(=O)Nc2ccccc2)CC1. The molecule has 1 aliphatic rings. The molecule has 0 bridgehead atoms. The van der Waals surface area contributed by atoms with Gasteiger partial charge in [0.05, 0.1) is 12.6 Å². The van der Waals surface area contributed by atoms with Crippen molar-refractivity contribution in [3.05, 3.63) is 59.7 Å². The molecule has 2 aromatic rings. The fourth-order valence-corrected chi connectivity index (χ4v) is 3.99. The van der Waals surface area contributed by atoms with E-state index >= 15 is 0 Å². The van der Waals surface area contributed by atoms with Gasteiger partial charge in [0, 0.05) is 17.3 Å². The second-order valence-electron chi connectivity index (χ2n) is 8.37. The number of rotatable bonds is 7. The second-order valence-corrected chi connectivity index (χ2v) is 8.37. The van der Waals surface area contributed by atoms with Crippen LogP contribution in [-0.4, -0.2) is 48.3 Å². The van der Waals surface area contributed by atoms with Crippen LogP contribution in [0.2, 0.25) is 0 Å². The Kier molecular flexibility index (Phi) is 8.00. The van der Waals surface area contributed by atoms with Gasteiger partial charge >= 0.3 is 0 Å². The van der Waals surface area contributed by atoms with Crippen molar-refractivity contribution >= 4 is 29.1 Å². The summed E-state index contributed by atoms with van der Waals surface area (Å²) in [5.41, 5.74) is 3.55. The molecule has 7 nitrogen and oxygen atoms in total. The molecule has 32 heavy (non-hydrogen) atoms. The summed E-state index contributed by atoms with van der Waals surface area (Å²) in [7, 11) is 0. The van der Waals surface area contributed by atoms with Crippen LogP contribution in [0.1, 0.15) is 30.9 Å². The van der Waals surface area contributed by atoms with Crippen LogP contribution in [0.15, 0.2) is 48.5 Å². The van der Waals surface area contributed by atoms with Crippen LogP contribution < -0.4 is 16.0 Å². The molecule has 1 saturated heterocycles. The predicted octanol–water partition coefficient (Wildman–Crippen LogP) is 3.10. The van der Waals surface area contributed by atoms with Crippen LogP contribution in [0.3, 0.4) is 0 Å². The molecule has 3 N–H and O–H groups in total. The highest BCUT2D eigenvalue weighted by atomic mass is 16.2. The molecule has 0 saturated carbocycles.